The van der Waals surface area contributed by atoms with Gasteiger partial charge in [0.15, 0.2) is 5.82 Å². The molecule has 3 saturated heterocycles. The molecule has 238 valence electrons. The van der Waals surface area contributed by atoms with Crippen LogP contribution in [0.25, 0.3) is 5.57 Å². The highest BCUT2D eigenvalue weighted by Crippen LogP contribution is 2.39. The minimum atomic E-state index is -0.558. The van der Waals surface area contributed by atoms with Crippen LogP contribution in [0, 0.1) is 0 Å². The van der Waals surface area contributed by atoms with Gasteiger partial charge in [-0.25, -0.2) is 15.0 Å². The van der Waals surface area contributed by atoms with E-state index in [0.29, 0.717) is 41.3 Å². The molecular weight excluding hydrogens is 568 g/mol. The number of primary amides is 1. The topological polar surface area (TPSA) is 112 Å². The molecule has 3 fully saturated rings. The molecule has 45 heavy (non-hydrogen) atoms. The third-order valence-electron chi connectivity index (χ3n) is 9.27. The van der Waals surface area contributed by atoms with E-state index >= 15 is 0 Å². The smallest absolute Gasteiger partial charge is 0.248 e. The van der Waals surface area contributed by atoms with Gasteiger partial charge in [0.2, 0.25) is 5.91 Å². The molecule has 1 aromatic heterocycles. The van der Waals surface area contributed by atoms with E-state index in [4.69, 9.17) is 15.3 Å². The normalized spacial score (nSPS) is 19.9. The number of ether oxygens (including phenoxy) is 1. The summed E-state index contributed by atoms with van der Waals surface area (Å²) < 4.78 is 5.86. The Hall–Kier alpha value is -4.19. The van der Waals surface area contributed by atoms with Gasteiger partial charge in [0, 0.05) is 61.2 Å². The summed E-state index contributed by atoms with van der Waals surface area (Å²) in [6, 6.07) is 16.9. The monoisotopic (exact) mass is 612 g/mol. The standard InChI is InChI=1S/C34H44N8O3/c1-24(34(35)43)28-20-29(31(44-3)21-30(28)41-16-14-40(15-17-41)26-9-12-39(2)13-10-26)38-32-22-33(37-23-36-32)42-27(11-18-45-42)19-25-7-5-4-6-8-25/h4-8,20-23,26-27H,1,9-19H2,2-3H3,(H2,35,43)(H,36,37,38)/t27-/m1/s1. The second-order valence-corrected chi connectivity index (χ2v) is 12.1. The molecule has 0 spiro atoms. The van der Waals surface area contributed by atoms with E-state index in [-0.39, 0.29) is 11.6 Å². The van der Waals surface area contributed by atoms with Crippen LogP contribution < -0.4 is 25.8 Å². The molecule has 3 N–H and O–H groups in total. The molecular formula is C34H44N8O3. The number of rotatable bonds is 10. The van der Waals surface area contributed by atoms with Crippen molar-refractivity contribution in [1.82, 2.24) is 19.8 Å². The zero-order valence-corrected chi connectivity index (χ0v) is 26.3. The molecule has 4 heterocycles. The lowest BCUT2D eigenvalue weighted by molar-refractivity contribution is -0.112. The summed E-state index contributed by atoms with van der Waals surface area (Å²) in [7, 11) is 3.84. The summed E-state index contributed by atoms with van der Waals surface area (Å²) in [5.41, 5.74) is 9.49. The quantitative estimate of drug-likeness (QED) is 0.329. The minimum absolute atomic E-state index is 0.161. The van der Waals surface area contributed by atoms with Crippen molar-refractivity contribution in [3.05, 3.63) is 72.6 Å². The van der Waals surface area contributed by atoms with Gasteiger partial charge in [-0.1, -0.05) is 36.9 Å². The summed E-state index contributed by atoms with van der Waals surface area (Å²) in [6.07, 6.45) is 5.69. The van der Waals surface area contributed by atoms with Crippen LogP contribution in [0.2, 0.25) is 0 Å². The van der Waals surface area contributed by atoms with E-state index in [1.807, 2.05) is 29.3 Å². The number of likely N-dealkylation sites (tertiary alicyclic amines) is 1. The molecule has 3 aromatic rings. The zero-order valence-electron chi connectivity index (χ0n) is 26.3. The number of benzene rings is 2. The largest absolute Gasteiger partial charge is 0.494 e. The summed E-state index contributed by atoms with van der Waals surface area (Å²) in [4.78, 5) is 34.7. The maximum atomic E-state index is 12.4. The number of amides is 1. The summed E-state index contributed by atoms with van der Waals surface area (Å²) in [5.74, 6) is 1.31. The number of hydroxylamine groups is 1. The van der Waals surface area contributed by atoms with E-state index in [0.717, 1.165) is 57.8 Å². The molecule has 0 saturated carbocycles. The predicted octanol–water partition coefficient (Wildman–Crippen LogP) is 3.70. The van der Waals surface area contributed by atoms with Crippen molar-refractivity contribution in [2.75, 3.05) is 75.3 Å². The molecule has 11 nitrogen and oxygen atoms in total. The number of nitrogens with one attached hydrogen (secondary N) is 1. The summed E-state index contributed by atoms with van der Waals surface area (Å²) in [6.45, 7) is 10.6. The number of piperidine rings is 1. The van der Waals surface area contributed by atoms with Gasteiger partial charge in [-0.05, 0) is 57.5 Å². The lowest BCUT2D eigenvalue weighted by Crippen LogP contribution is -2.53. The predicted molar refractivity (Wildman–Crippen MR) is 178 cm³/mol. The fourth-order valence-corrected chi connectivity index (χ4v) is 6.67. The van der Waals surface area contributed by atoms with Gasteiger partial charge in [0.25, 0.3) is 0 Å². The first-order valence-corrected chi connectivity index (χ1v) is 15.8. The van der Waals surface area contributed by atoms with Crippen molar-refractivity contribution in [1.29, 1.82) is 0 Å². The van der Waals surface area contributed by atoms with Crippen molar-refractivity contribution >= 4 is 34.5 Å². The maximum Gasteiger partial charge on any atom is 0.248 e. The van der Waals surface area contributed by atoms with Crippen LogP contribution in [-0.4, -0.2) is 97.8 Å². The second kappa shape index (κ2) is 13.8. The van der Waals surface area contributed by atoms with E-state index < -0.39 is 5.91 Å². The molecule has 2 aromatic carbocycles. The van der Waals surface area contributed by atoms with Crippen LogP contribution in [0.3, 0.4) is 0 Å². The van der Waals surface area contributed by atoms with Crippen molar-refractivity contribution < 1.29 is 14.4 Å². The van der Waals surface area contributed by atoms with Gasteiger partial charge in [0.1, 0.15) is 17.9 Å². The van der Waals surface area contributed by atoms with E-state index in [9.17, 15) is 4.79 Å². The number of nitrogens with two attached hydrogens (primary N) is 1. The van der Waals surface area contributed by atoms with E-state index in [2.05, 4.69) is 67.9 Å². The summed E-state index contributed by atoms with van der Waals surface area (Å²) in [5, 5.41) is 5.27. The van der Waals surface area contributed by atoms with Crippen molar-refractivity contribution in [3.8, 4) is 5.75 Å². The number of piperazine rings is 1. The number of methoxy groups -OCH3 is 1. The molecule has 3 aliphatic rings. The summed E-state index contributed by atoms with van der Waals surface area (Å²) >= 11 is 0. The van der Waals surface area contributed by atoms with E-state index in [1.165, 1.54) is 24.7 Å². The molecule has 11 heteroatoms. The molecule has 3 aliphatic heterocycles. The van der Waals surface area contributed by atoms with Gasteiger partial charge >= 0.3 is 0 Å². The van der Waals surface area contributed by atoms with Crippen LogP contribution in [0.15, 0.2) is 61.4 Å². The Morgan fingerprint density at radius 3 is 2.51 bits per heavy atom. The highest BCUT2D eigenvalue weighted by molar-refractivity contribution is 6.19. The molecule has 0 radical (unpaired) electrons. The van der Waals surface area contributed by atoms with Crippen molar-refractivity contribution in [2.45, 2.75) is 37.8 Å². The molecule has 6 rings (SSSR count). The van der Waals surface area contributed by atoms with E-state index in [1.54, 1.807) is 7.11 Å². The highest BCUT2D eigenvalue weighted by Gasteiger charge is 2.30. The first-order chi connectivity index (χ1) is 21.9. The number of hydrogen-bond acceptors (Lipinski definition) is 10. The van der Waals surface area contributed by atoms with Crippen molar-refractivity contribution in [3.63, 3.8) is 0 Å². The van der Waals surface area contributed by atoms with Crippen LogP contribution >= 0.6 is 0 Å². The highest BCUT2D eigenvalue weighted by atomic mass is 16.7. The first kappa shape index (κ1) is 30.8. The number of hydrogen-bond donors (Lipinski definition) is 2. The van der Waals surface area contributed by atoms with Crippen LogP contribution in [0.4, 0.5) is 23.0 Å². The lowest BCUT2D eigenvalue weighted by Gasteiger charge is -2.43. The average Bonchev–Trinajstić information content (AvgIpc) is 3.53. The fourth-order valence-electron chi connectivity index (χ4n) is 6.67. The number of carbonyl (C=O) groups excluding carboxylic acids is 1. The zero-order chi connectivity index (χ0) is 31.3. The second-order valence-electron chi connectivity index (χ2n) is 12.1. The van der Waals surface area contributed by atoms with Crippen LogP contribution in [-0.2, 0) is 16.1 Å². The Bertz CT molecular complexity index is 1490. The van der Waals surface area contributed by atoms with Crippen LogP contribution in [0.5, 0.6) is 5.75 Å². The molecule has 1 amide bonds. The Balaban J connectivity index is 1.21. The Morgan fingerprint density at radius 1 is 1.04 bits per heavy atom. The van der Waals surface area contributed by atoms with Gasteiger partial charge in [0.05, 0.1) is 25.4 Å². The fraction of sp³-hybridized carbons (Fsp3) is 0.441. The van der Waals surface area contributed by atoms with Gasteiger partial charge in [-0.2, -0.15) is 0 Å². The third-order valence-corrected chi connectivity index (χ3v) is 9.27. The molecule has 0 aliphatic carbocycles. The van der Waals surface area contributed by atoms with Gasteiger partial charge in [-0.3, -0.25) is 14.5 Å². The molecule has 0 unspecified atom stereocenters. The third kappa shape index (κ3) is 7.06. The number of carbonyl (C=O) groups is 1. The Morgan fingerprint density at radius 2 is 1.80 bits per heavy atom. The Labute approximate surface area is 265 Å². The lowest BCUT2D eigenvalue weighted by atomic mass is 10.00. The Kier molecular flexibility index (Phi) is 9.48. The number of nitrogens with zero attached hydrogens (tertiary/aromatic N) is 6. The van der Waals surface area contributed by atoms with Gasteiger partial charge in [-0.15, -0.1) is 0 Å². The number of anilines is 4. The average molecular weight is 613 g/mol. The minimum Gasteiger partial charge on any atom is -0.494 e. The SMILES string of the molecule is C=C(C(N)=O)c1cc(Nc2cc(N3OCC[C@@H]3Cc3ccccc3)ncn2)c(OC)cc1N1CCN(C2CCN(C)CC2)CC1. The molecule has 1 atom stereocenters. The van der Waals surface area contributed by atoms with Gasteiger partial charge < -0.3 is 25.6 Å². The molecule has 0 bridgehead atoms. The number of aromatic nitrogens is 2. The van der Waals surface area contributed by atoms with Crippen molar-refractivity contribution in [2.24, 2.45) is 5.73 Å². The first-order valence-electron chi connectivity index (χ1n) is 15.8. The maximum absolute atomic E-state index is 12.4. The van der Waals surface area contributed by atoms with Crippen LogP contribution in [0.1, 0.15) is 30.4 Å².